The van der Waals surface area contributed by atoms with Crippen LogP contribution in [0.2, 0.25) is 5.02 Å². The van der Waals surface area contributed by atoms with Crippen LogP contribution < -0.4 is 5.73 Å². The zero-order chi connectivity index (χ0) is 30.4. The first kappa shape index (κ1) is 30.3. The normalized spacial score (nSPS) is 27.6. The number of primary amides is 1. The van der Waals surface area contributed by atoms with Crippen molar-refractivity contribution < 1.29 is 59.7 Å². The summed E-state index contributed by atoms with van der Waals surface area (Å²) in [7, 11) is 3.03. The van der Waals surface area contributed by atoms with E-state index in [4.69, 9.17) is 27.5 Å². The number of aliphatic carboxylic acids is 2. The molecule has 0 aliphatic heterocycles. The fraction of sp³-hybridized carbons (Fsp3) is 0.320. The standard InChI is InChI=1S/C21H21ClN2O8.C4H4O4/c1-24(2)14-7-5-6-10(16(27)12-9(25)4-3-8(22)11(12)15(6)26)18(29)21(7,32)19(30)13(17(14)28)20(23)31;5-3(6)1-2-4(7)8/h3-4,6-7,14-15,25-26,28-29,32H,5H2,1-2H3,(H2,23,31);1-2H,(H,5,6)(H,7,8)/t6-,7+,14-,15-,21-;/m0./s1. The lowest BCUT2D eigenvalue weighted by molar-refractivity contribution is -0.149. The molecule has 0 fully saturated rings. The number of rotatable bonds is 4. The summed E-state index contributed by atoms with van der Waals surface area (Å²) in [6.45, 7) is 0. The number of carbonyl (C=O) groups excluding carboxylic acids is 3. The molecular weight excluding hydrogens is 556 g/mol. The van der Waals surface area contributed by atoms with Gasteiger partial charge in [0.15, 0.2) is 11.4 Å². The molecule has 214 valence electrons. The van der Waals surface area contributed by atoms with Crippen LogP contribution in [0.15, 0.2) is 46.9 Å². The van der Waals surface area contributed by atoms with Gasteiger partial charge in [-0.25, -0.2) is 9.59 Å². The van der Waals surface area contributed by atoms with Gasteiger partial charge in [-0.15, -0.1) is 0 Å². The zero-order valence-electron chi connectivity index (χ0n) is 20.9. The summed E-state index contributed by atoms with van der Waals surface area (Å²) in [6, 6.07) is 1.30. The number of aliphatic hydroxyl groups excluding tert-OH is 3. The van der Waals surface area contributed by atoms with Crippen LogP contribution in [0.1, 0.15) is 28.4 Å². The number of hydrogen-bond donors (Lipinski definition) is 8. The fourth-order valence-electron chi connectivity index (χ4n) is 5.39. The lowest BCUT2D eigenvalue weighted by Gasteiger charge is -2.50. The molecule has 0 bridgehead atoms. The highest BCUT2D eigenvalue weighted by atomic mass is 35.5. The Morgan fingerprint density at radius 2 is 1.62 bits per heavy atom. The third-order valence-electron chi connectivity index (χ3n) is 7.01. The summed E-state index contributed by atoms with van der Waals surface area (Å²) in [5, 5.41) is 70.1. The molecule has 40 heavy (non-hydrogen) atoms. The van der Waals surface area contributed by atoms with Gasteiger partial charge in [0.05, 0.1) is 17.7 Å². The SMILES string of the molecule is CN(C)[C@@H]1C(O)=C(C(N)=O)C(=O)[C@@]2(O)C(O)=C3C(=O)c4c(O)ccc(Cl)c4[C@@H](O)[C@H]3C[C@H]12.O=C(O)C=CC(=O)O. The number of ketones is 2. The number of aromatic hydroxyl groups is 1. The van der Waals surface area contributed by atoms with E-state index >= 15 is 0 Å². The van der Waals surface area contributed by atoms with E-state index in [0.717, 1.165) is 6.07 Å². The van der Waals surface area contributed by atoms with Gasteiger partial charge in [0, 0.05) is 40.1 Å². The first-order valence-electron chi connectivity index (χ1n) is 11.5. The monoisotopic (exact) mass is 580 g/mol. The summed E-state index contributed by atoms with van der Waals surface area (Å²) >= 11 is 6.17. The number of carboxylic acids is 2. The predicted octanol–water partition coefficient (Wildman–Crippen LogP) is -0.0233. The number of amides is 1. The number of phenolic OH excluding ortho intramolecular Hbond substituents is 1. The number of phenols is 1. The molecule has 0 unspecified atom stereocenters. The van der Waals surface area contributed by atoms with Crippen molar-refractivity contribution in [2.75, 3.05) is 14.1 Å². The maximum atomic E-state index is 13.3. The topological polar surface area (TPSA) is 256 Å². The summed E-state index contributed by atoms with van der Waals surface area (Å²) < 4.78 is 0. The fourth-order valence-corrected chi connectivity index (χ4v) is 5.66. The van der Waals surface area contributed by atoms with Crippen LogP contribution in [-0.2, 0) is 19.2 Å². The largest absolute Gasteiger partial charge is 0.510 e. The van der Waals surface area contributed by atoms with E-state index in [1.165, 1.54) is 25.1 Å². The second-order valence-corrected chi connectivity index (χ2v) is 9.89. The zero-order valence-corrected chi connectivity index (χ0v) is 21.7. The molecule has 4 rings (SSSR count). The van der Waals surface area contributed by atoms with Gasteiger partial charge >= 0.3 is 11.9 Å². The van der Waals surface area contributed by atoms with Crippen molar-refractivity contribution in [2.45, 2.75) is 24.2 Å². The minimum absolute atomic E-state index is 0.0145. The molecule has 3 aliphatic carbocycles. The number of Topliss-reactive ketones (excluding diaryl/α,β-unsaturated/α-hetero) is 2. The molecule has 0 spiro atoms. The van der Waals surface area contributed by atoms with Gasteiger partial charge in [0.2, 0.25) is 5.78 Å². The lowest BCUT2D eigenvalue weighted by atomic mass is 9.58. The number of aliphatic hydroxyl groups is 4. The molecule has 1 amide bonds. The van der Waals surface area contributed by atoms with Crippen molar-refractivity contribution in [3.63, 3.8) is 0 Å². The van der Waals surface area contributed by atoms with Gasteiger partial charge < -0.3 is 41.5 Å². The van der Waals surface area contributed by atoms with Crippen LogP contribution in [0.5, 0.6) is 5.75 Å². The Hall–Kier alpha value is -4.24. The molecule has 1 aromatic carbocycles. The number of fused-ring (bicyclic) bond motifs is 3. The van der Waals surface area contributed by atoms with Gasteiger partial charge in [-0.3, -0.25) is 19.3 Å². The van der Waals surface area contributed by atoms with Gasteiger partial charge in [0.1, 0.15) is 22.8 Å². The molecule has 0 aromatic heterocycles. The molecule has 5 atom stereocenters. The lowest BCUT2D eigenvalue weighted by Crippen LogP contribution is -2.64. The van der Waals surface area contributed by atoms with Crippen LogP contribution in [-0.4, -0.2) is 95.8 Å². The van der Waals surface area contributed by atoms with E-state index in [1.807, 2.05) is 0 Å². The van der Waals surface area contributed by atoms with Gasteiger partial charge in [0.25, 0.3) is 5.91 Å². The van der Waals surface area contributed by atoms with Crippen molar-refractivity contribution in [1.29, 1.82) is 0 Å². The number of likely N-dealkylation sites (N-methyl/N-ethyl adjacent to an activating group) is 1. The number of hydrogen-bond acceptors (Lipinski definition) is 11. The number of benzene rings is 1. The van der Waals surface area contributed by atoms with Crippen LogP contribution >= 0.6 is 11.6 Å². The molecule has 0 saturated carbocycles. The average molecular weight is 581 g/mol. The van der Waals surface area contributed by atoms with Crippen LogP contribution in [0.25, 0.3) is 0 Å². The van der Waals surface area contributed by atoms with E-state index in [-0.39, 0.29) is 22.6 Å². The average Bonchev–Trinajstić information content (AvgIpc) is 2.84. The first-order chi connectivity index (χ1) is 18.5. The third-order valence-corrected chi connectivity index (χ3v) is 7.34. The van der Waals surface area contributed by atoms with Crippen molar-refractivity contribution >= 4 is 41.0 Å². The third kappa shape index (κ3) is 4.70. The van der Waals surface area contributed by atoms with E-state index in [1.54, 1.807) is 0 Å². The van der Waals surface area contributed by atoms with E-state index < -0.39 is 87.4 Å². The van der Waals surface area contributed by atoms with Gasteiger partial charge in [-0.2, -0.15) is 0 Å². The van der Waals surface area contributed by atoms with Gasteiger partial charge in [-0.1, -0.05) is 11.6 Å². The molecule has 0 radical (unpaired) electrons. The number of halogens is 1. The van der Waals surface area contributed by atoms with Crippen molar-refractivity contribution in [1.82, 2.24) is 4.90 Å². The quantitative estimate of drug-likeness (QED) is 0.172. The van der Waals surface area contributed by atoms with Crippen molar-refractivity contribution in [3.8, 4) is 5.75 Å². The van der Waals surface area contributed by atoms with Crippen molar-refractivity contribution in [2.24, 2.45) is 17.6 Å². The van der Waals surface area contributed by atoms with E-state index in [9.17, 15) is 49.5 Å². The number of nitrogens with zero attached hydrogens (tertiary/aromatic N) is 1. The molecule has 0 saturated heterocycles. The van der Waals surface area contributed by atoms with Crippen molar-refractivity contribution in [3.05, 3.63) is 63.1 Å². The first-order valence-corrected chi connectivity index (χ1v) is 11.8. The Balaban J connectivity index is 0.000000482. The Kier molecular flexibility index (Phi) is 8.13. The molecule has 9 N–H and O–H groups in total. The minimum Gasteiger partial charge on any atom is -0.510 e. The highest BCUT2D eigenvalue weighted by Crippen LogP contribution is 2.55. The predicted molar refractivity (Wildman–Crippen MR) is 134 cm³/mol. The van der Waals surface area contributed by atoms with Crippen LogP contribution in [0, 0.1) is 11.8 Å². The summed E-state index contributed by atoms with van der Waals surface area (Å²) in [5.41, 5.74) is 0.739. The second-order valence-electron chi connectivity index (χ2n) is 9.48. The van der Waals surface area contributed by atoms with E-state index in [0.29, 0.717) is 12.2 Å². The molecule has 15 heteroatoms. The molecule has 3 aliphatic rings. The van der Waals surface area contributed by atoms with Gasteiger partial charge in [-0.05, 0) is 32.6 Å². The maximum Gasteiger partial charge on any atom is 0.328 e. The Labute approximate surface area is 230 Å². The van der Waals surface area contributed by atoms with Crippen LogP contribution in [0.3, 0.4) is 0 Å². The Morgan fingerprint density at radius 1 is 1.07 bits per heavy atom. The minimum atomic E-state index is -2.77. The number of nitrogens with two attached hydrogens (primary N) is 1. The smallest absolute Gasteiger partial charge is 0.328 e. The Bertz CT molecular complexity index is 1410. The second kappa shape index (κ2) is 10.7. The van der Waals surface area contributed by atoms with E-state index in [2.05, 4.69) is 0 Å². The summed E-state index contributed by atoms with van der Waals surface area (Å²) in [6.07, 6.45) is -0.589. The molecular formula is C25H25ClN2O12. The summed E-state index contributed by atoms with van der Waals surface area (Å²) in [5.74, 6) is -10.7. The molecule has 14 nitrogen and oxygen atoms in total. The highest BCUT2D eigenvalue weighted by Gasteiger charge is 2.64. The maximum absolute atomic E-state index is 13.3. The molecule has 0 heterocycles. The summed E-state index contributed by atoms with van der Waals surface area (Å²) in [4.78, 5) is 58.8. The number of carboxylic acid groups (broad SMARTS) is 2. The highest BCUT2D eigenvalue weighted by molar-refractivity contribution is 6.33. The van der Waals surface area contributed by atoms with Crippen LogP contribution in [0.4, 0.5) is 0 Å². The Morgan fingerprint density at radius 3 is 2.10 bits per heavy atom. The molecule has 1 aromatic rings. The number of carbonyl (C=O) groups is 5.